The van der Waals surface area contributed by atoms with Gasteiger partial charge >= 0.3 is 11.9 Å². The van der Waals surface area contributed by atoms with Gasteiger partial charge in [-0.25, -0.2) is 4.79 Å². The molecule has 0 saturated heterocycles. The van der Waals surface area contributed by atoms with E-state index in [1.54, 1.807) is 0 Å². The second kappa shape index (κ2) is 14.8. The highest BCUT2D eigenvalue weighted by atomic mass is 16.6. The van der Waals surface area contributed by atoms with Gasteiger partial charge in [0.05, 0.1) is 6.61 Å². The van der Waals surface area contributed by atoms with Crippen LogP contribution in [0.3, 0.4) is 0 Å². The molecule has 0 aliphatic heterocycles. The molecule has 4 nitrogen and oxygen atoms in total. The highest BCUT2D eigenvalue weighted by Gasteiger charge is 2.24. The van der Waals surface area contributed by atoms with Crippen LogP contribution < -0.4 is 0 Å². The fourth-order valence-corrected chi connectivity index (χ4v) is 2.49. The summed E-state index contributed by atoms with van der Waals surface area (Å²) in [5, 5.41) is 0. The van der Waals surface area contributed by atoms with Crippen LogP contribution in [0, 0.1) is 11.8 Å². The highest BCUT2D eigenvalue weighted by molar-refractivity contribution is 5.79. The maximum atomic E-state index is 12.3. The van der Waals surface area contributed by atoms with Gasteiger partial charge in [-0.05, 0) is 64.2 Å². The Hall–Kier alpha value is -1.32. The lowest BCUT2D eigenvalue weighted by atomic mass is 10.0. The number of ether oxygens (including phenoxy) is 2. The smallest absolute Gasteiger partial charge is 0.347 e. The summed E-state index contributed by atoms with van der Waals surface area (Å²) in [6, 6.07) is 0. The van der Waals surface area contributed by atoms with Crippen molar-refractivity contribution in [2.75, 3.05) is 6.61 Å². The van der Waals surface area contributed by atoms with E-state index in [1.807, 2.05) is 0 Å². The van der Waals surface area contributed by atoms with Crippen molar-refractivity contribution in [3.8, 4) is 0 Å². The van der Waals surface area contributed by atoms with Gasteiger partial charge in [-0.3, -0.25) is 4.79 Å². The lowest BCUT2D eigenvalue weighted by Crippen LogP contribution is -2.30. The van der Waals surface area contributed by atoms with Crippen LogP contribution >= 0.6 is 0 Å². The number of hydrogen-bond acceptors (Lipinski definition) is 4. The van der Waals surface area contributed by atoms with Gasteiger partial charge in [0, 0.05) is 6.42 Å². The molecule has 0 radical (unpaired) electrons. The molecule has 0 aromatic carbocycles. The number of carbonyl (C=O) groups excluding carboxylic acids is 2. The highest BCUT2D eigenvalue weighted by Crippen LogP contribution is 2.14. The van der Waals surface area contributed by atoms with Crippen LogP contribution in [0.2, 0.25) is 0 Å². The average molecular weight is 369 g/mol. The topological polar surface area (TPSA) is 52.6 Å². The van der Waals surface area contributed by atoms with Gasteiger partial charge in [0.2, 0.25) is 0 Å². The molecule has 0 aromatic rings. The third-order valence-corrected chi connectivity index (χ3v) is 4.35. The minimum atomic E-state index is -0.754. The van der Waals surface area contributed by atoms with Crippen molar-refractivity contribution in [3.05, 3.63) is 11.6 Å². The van der Waals surface area contributed by atoms with Crippen molar-refractivity contribution in [2.24, 2.45) is 11.8 Å². The zero-order chi connectivity index (χ0) is 19.9. The van der Waals surface area contributed by atoms with Crippen LogP contribution in [0.5, 0.6) is 0 Å². The van der Waals surface area contributed by atoms with Crippen LogP contribution in [-0.4, -0.2) is 24.6 Å². The monoisotopic (exact) mass is 368 g/mol. The molecule has 0 spiro atoms. The maximum absolute atomic E-state index is 12.3. The standard InChI is InChI=1S/C22H40O4/c1-7-8-12-20(26-21(23)14-13-18(4)5)22(24)25-16-15-19(6)11-9-10-17(2)3/h10,18-20H,7-9,11-16H2,1-6H3. The molecule has 0 fully saturated rings. The van der Waals surface area contributed by atoms with Gasteiger partial charge in [-0.2, -0.15) is 0 Å². The van der Waals surface area contributed by atoms with E-state index in [0.717, 1.165) is 38.5 Å². The summed E-state index contributed by atoms with van der Waals surface area (Å²) >= 11 is 0. The molecule has 0 N–H and O–H groups in total. The number of esters is 2. The Labute approximate surface area is 160 Å². The van der Waals surface area contributed by atoms with Crippen molar-refractivity contribution in [2.45, 2.75) is 99.0 Å². The zero-order valence-electron chi connectivity index (χ0n) is 17.8. The molecule has 0 heterocycles. The van der Waals surface area contributed by atoms with Gasteiger partial charge in [-0.15, -0.1) is 0 Å². The summed E-state index contributed by atoms with van der Waals surface area (Å²) in [7, 11) is 0. The predicted octanol–water partition coefficient (Wildman–Crippen LogP) is 5.84. The molecular formula is C22H40O4. The molecule has 0 saturated carbocycles. The minimum Gasteiger partial charge on any atom is -0.463 e. The van der Waals surface area contributed by atoms with Crippen molar-refractivity contribution >= 4 is 11.9 Å². The second-order valence-corrected chi connectivity index (χ2v) is 7.97. The summed E-state index contributed by atoms with van der Waals surface area (Å²) in [5.41, 5.74) is 1.33. The van der Waals surface area contributed by atoms with Crippen LogP contribution in [0.4, 0.5) is 0 Å². The Balaban J connectivity index is 4.28. The van der Waals surface area contributed by atoms with E-state index in [4.69, 9.17) is 9.47 Å². The summed E-state index contributed by atoms with van der Waals surface area (Å²) in [5.74, 6) is 0.247. The minimum absolute atomic E-state index is 0.299. The Morgan fingerprint density at radius 3 is 2.27 bits per heavy atom. The first kappa shape index (κ1) is 24.7. The molecular weight excluding hydrogens is 328 g/mol. The molecule has 2 unspecified atom stereocenters. The van der Waals surface area contributed by atoms with E-state index in [2.05, 4.69) is 47.6 Å². The molecule has 0 rings (SSSR count). The van der Waals surface area contributed by atoms with Gasteiger partial charge in [-0.1, -0.05) is 45.8 Å². The van der Waals surface area contributed by atoms with Gasteiger partial charge in [0.1, 0.15) is 0 Å². The van der Waals surface area contributed by atoms with E-state index in [0.29, 0.717) is 31.3 Å². The third-order valence-electron chi connectivity index (χ3n) is 4.35. The van der Waals surface area contributed by atoms with Gasteiger partial charge < -0.3 is 9.47 Å². The Bertz CT molecular complexity index is 422. The van der Waals surface area contributed by atoms with Crippen molar-refractivity contribution in [3.63, 3.8) is 0 Å². The first-order valence-corrected chi connectivity index (χ1v) is 10.3. The van der Waals surface area contributed by atoms with Crippen LogP contribution in [0.15, 0.2) is 11.6 Å². The summed E-state index contributed by atoms with van der Waals surface area (Å²) in [6.07, 6.45) is 7.94. The molecule has 0 amide bonds. The largest absolute Gasteiger partial charge is 0.463 e. The molecule has 0 bridgehead atoms. The Morgan fingerprint density at radius 2 is 1.69 bits per heavy atom. The molecule has 0 aliphatic carbocycles. The fraction of sp³-hybridized carbons (Fsp3) is 0.818. The summed E-state index contributed by atoms with van der Waals surface area (Å²) in [6.45, 7) is 13.0. The molecule has 0 aliphatic rings. The van der Waals surface area contributed by atoms with E-state index >= 15 is 0 Å². The van der Waals surface area contributed by atoms with E-state index in [9.17, 15) is 9.59 Å². The third kappa shape index (κ3) is 13.9. The van der Waals surface area contributed by atoms with Crippen molar-refractivity contribution in [1.29, 1.82) is 0 Å². The number of unbranched alkanes of at least 4 members (excludes halogenated alkanes) is 1. The first-order chi connectivity index (χ1) is 12.3. The SMILES string of the molecule is CCCCC(OC(=O)CCC(C)C)C(=O)OCCC(C)CCC=C(C)C. The molecule has 152 valence electrons. The number of allylic oxidation sites excluding steroid dienone is 2. The van der Waals surface area contributed by atoms with E-state index in [1.165, 1.54) is 5.57 Å². The van der Waals surface area contributed by atoms with Crippen LogP contribution in [-0.2, 0) is 19.1 Å². The number of carbonyl (C=O) groups is 2. The van der Waals surface area contributed by atoms with Gasteiger partial charge in [0.15, 0.2) is 6.10 Å². The molecule has 2 atom stereocenters. The maximum Gasteiger partial charge on any atom is 0.347 e. The molecule has 26 heavy (non-hydrogen) atoms. The molecule has 0 aromatic heterocycles. The normalized spacial score (nSPS) is 13.2. The first-order valence-electron chi connectivity index (χ1n) is 10.3. The van der Waals surface area contributed by atoms with E-state index in [-0.39, 0.29) is 5.97 Å². The lowest BCUT2D eigenvalue weighted by Gasteiger charge is -2.18. The summed E-state index contributed by atoms with van der Waals surface area (Å²) < 4.78 is 10.8. The van der Waals surface area contributed by atoms with E-state index < -0.39 is 12.1 Å². The molecule has 4 heteroatoms. The zero-order valence-corrected chi connectivity index (χ0v) is 17.8. The van der Waals surface area contributed by atoms with Gasteiger partial charge in [0.25, 0.3) is 0 Å². The lowest BCUT2D eigenvalue weighted by molar-refractivity contribution is -0.168. The average Bonchev–Trinajstić information content (AvgIpc) is 2.56. The second-order valence-electron chi connectivity index (χ2n) is 7.97. The summed E-state index contributed by atoms with van der Waals surface area (Å²) in [4.78, 5) is 24.2. The number of rotatable bonds is 14. The quantitative estimate of drug-likeness (QED) is 0.285. The number of hydrogen-bond donors (Lipinski definition) is 0. The predicted molar refractivity (Wildman–Crippen MR) is 107 cm³/mol. The van der Waals surface area contributed by atoms with Crippen LogP contribution in [0.1, 0.15) is 92.9 Å². The van der Waals surface area contributed by atoms with Crippen molar-refractivity contribution in [1.82, 2.24) is 0 Å². The Kier molecular flexibility index (Phi) is 14.1. The fourth-order valence-electron chi connectivity index (χ4n) is 2.49. The van der Waals surface area contributed by atoms with Crippen molar-refractivity contribution < 1.29 is 19.1 Å². The Morgan fingerprint density at radius 1 is 1.00 bits per heavy atom. The van der Waals surface area contributed by atoms with Crippen LogP contribution in [0.25, 0.3) is 0 Å².